The summed E-state index contributed by atoms with van der Waals surface area (Å²) < 4.78 is 0. The summed E-state index contributed by atoms with van der Waals surface area (Å²) in [5.41, 5.74) is 0. The van der Waals surface area contributed by atoms with Crippen LogP contribution in [0.15, 0.2) is 0 Å². The van der Waals surface area contributed by atoms with Crippen molar-refractivity contribution in [2.24, 2.45) is 0 Å². The van der Waals surface area contributed by atoms with E-state index in [2.05, 4.69) is 10.2 Å². The number of aliphatic hydroxyl groups is 1. The lowest BCUT2D eigenvalue weighted by Gasteiger charge is -2.14. The molecule has 13 heavy (non-hydrogen) atoms. The van der Waals surface area contributed by atoms with Gasteiger partial charge in [0.15, 0.2) is 0 Å². The van der Waals surface area contributed by atoms with Gasteiger partial charge in [0, 0.05) is 19.1 Å². The van der Waals surface area contributed by atoms with Gasteiger partial charge in [0.1, 0.15) is 0 Å². The van der Waals surface area contributed by atoms with Gasteiger partial charge in [-0.25, -0.2) is 0 Å². The number of rotatable bonds is 5. The number of nitrogens with one attached hydrogen (secondary N) is 1. The van der Waals surface area contributed by atoms with Crippen molar-refractivity contribution in [2.45, 2.75) is 37.8 Å². The molecule has 1 aliphatic carbocycles. The van der Waals surface area contributed by atoms with Gasteiger partial charge in [-0.15, -0.1) is 0 Å². The lowest BCUT2D eigenvalue weighted by molar-refractivity contribution is 0.176. The van der Waals surface area contributed by atoms with Crippen LogP contribution in [0.2, 0.25) is 0 Å². The van der Waals surface area contributed by atoms with Gasteiger partial charge >= 0.3 is 0 Å². The maximum Gasteiger partial charge on any atom is 0.0679 e. The molecule has 1 unspecified atom stereocenters. The molecule has 0 amide bonds. The number of β-amino-alcohol motifs (C(OH)–C–C–N with tert-alkyl or cyclic N) is 1. The second-order valence-electron chi connectivity index (χ2n) is 4.33. The molecule has 1 aliphatic heterocycles. The van der Waals surface area contributed by atoms with Crippen molar-refractivity contribution in [3.05, 3.63) is 0 Å². The van der Waals surface area contributed by atoms with Crippen LogP contribution < -0.4 is 5.32 Å². The largest absolute Gasteiger partial charge is 0.392 e. The van der Waals surface area contributed by atoms with E-state index < -0.39 is 0 Å². The fourth-order valence-corrected chi connectivity index (χ4v) is 1.91. The van der Waals surface area contributed by atoms with Crippen LogP contribution >= 0.6 is 0 Å². The minimum absolute atomic E-state index is 0.0589. The second-order valence-corrected chi connectivity index (χ2v) is 4.33. The number of likely N-dealkylation sites (tertiary alicyclic amines) is 1. The van der Waals surface area contributed by atoms with E-state index in [1.807, 2.05) is 0 Å². The molecule has 0 aromatic heterocycles. The lowest BCUT2D eigenvalue weighted by Crippen LogP contribution is -2.27. The molecular formula is C10H20N2O. The maximum absolute atomic E-state index is 9.30. The number of nitrogens with zero attached hydrogens (tertiary/aromatic N) is 1. The highest BCUT2D eigenvalue weighted by Gasteiger charge is 2.21. The molecule has 0 aromatic rings. The first-order valence-corrected chi connectivity index (χ1v) is 5.48. The molecule has 0 bridgehead atoms. The van der Waals surface area contributed by atoms with Gasteiger partial charge in [-0.1, -0.05) is 0 Å². The van der Waals surface area contributed by atoms with Gasteiger partial charge < -0.3 is 15.3 Å². The van der Waals surface area contributed by atoms with Gasteiger partial charge in [-0.05, 0) is 38.8 Å². The van der Waals surface area contributed by atoms with E-state index in [0.717, 1.165) is 38.6 Å². The highest BCUT2D eigenvalue weighted by atomic mass is 16.3. The molecule has 2 aliphatic rings. The van der Waals surface area contributed by atoms with E-state index in [-0.39, 0.29) is 6.10 Å². The average Bonchev–Trinajstić information content (AvgIpc) is 2.84. The van der Waals surface area contributed by atoms with E-state index in [9.17, 15) is 5.11 Å². The van der Waals surface area contributed by atoms with Crippen molar-refractivity contribution < 1.29 is 5.11 Å². The van der Waals surface area contributed by atoms with E-state index in [0.29, 0.717) is 0 Å². The van der Waals surface area contributed by atoms with Crippen molar-refractivity contribution in [2.75, 3.05) is 26.2 Å². The predicted molar refractivity (Wildman–Crippen MR) is 52.7 cm³/mol. The van der Waals surface area contributed by atoms with E-state index in [4.69, 9.17) is 0 Å². The molecule has 1 saturated carbocycles. The summed E-state index contributed by atoms with van der Waals surface area (Å²) in [5.74, 6) is 0. The Morgan fingerprint density at radius 1 is 1.31 bits per heavy atom. The molecule has 2 rings (SSSR count). The highest BCUT2D eigenvalue weighted by molar-refractivity contribution is 4.81. The molecule has 0 radical (unpaired) electrons. The molecule has 1 heterocycles. The van der Waals surface area contributed by atoms with Crippen LogP contribution in [0, 0.1) is 0 Å². The Morgan fingerprint density at radius 3 is 2.77 bits per heavy atom. The van der Waals surface area contributed by atoms with Crippen LogP contribution in [-0.4, -0.2) is 48.3 Å². The Balaban J connectivity index is 1.47. The fraction of sp³-hybridized carbons (Fsp3) is 1.00. The van der Waals surface area contributed by atoms with Gasteiger partial charge in [0.05, 0.1) is 6.10 Å². The third-order valence-electron chi connectivity index (χ3n) is 2.91. The average molecular weight is 184 g/mol. The van der Waals surface area contributed by atoms with Crippen LogP contribution in [0.1, 0.15) is 25.7 Å². The van der Waals surface area contributed by atoms with Crippen molar-refractivity contribution in [1.82, 2.24) is 10.2 Å². The zero-order valence-corrected chi connectivity index (χ0v) is 8.21. The molecule has 1 atom stereocenters. The SMILES string of the molecule is OC1CCN(CCCNC2CC2)C1. The van der Waals surface area contributed by atoms with Crippen LogP contribution in [0.4, 0.5) is 0 Å². The summed E-state index contributed by atoms with van der Waals surface area (Å²) in [4.78, 5) is 2.36. The summed E-state index contributed by atoms with van der Waals surface area (Å²) in [7, 11) is 0. The zero-order valence-electron chi connectivity index (χ0n) is 8.21. The Labute approximate surface area is 80.1 Å². The van der Waals surface area contributed by atoms with Crippen LogP contribution in [0.5, 0.6) is 0 Å². The van der Waals surface area contributed by atoms with Gasteiger partial charge in [-0.2, -0.15) is 0 Å². The number of hydrogen-bond acceptors (Lipinski definition) is 3. The Bertz CT molecular complexity index is 159. The van der Waals surface area contributed by atoms with E-state index >= 15 is 0 Å². The molecule has 2 fully saturated rings. The summed E-state index contributed by atoms with van der Waals surface area (Å²) >= 11 is 0. The molecule has 2 N–H and O–H groups in total. The first-order chi connectivity index (χ1) is 6.34. The van der Waals surface area contributed by atoms with Crippen molar-refractivity contribution in [3.63, 3.8) is 0 Å². The predicted octanol–water partition coefficient (Wildman–Crippen LogP) is 0.195. The van der Waals surface area contributed by atoms with Gasteiger partial charge in [0.2, 0.25) is 0 Å². The molecule has 76 valence electrons. The molecular weight excluding hydrogens is 164 g/mol. The normalized spacial score (nSPS) is 29.8. The highest BCUT2D eigenvalue weighted by Crippen LogP contribution is 2.18. The first-order valence-electron chi connectivity index (χ1n) is 5.48. The number of hydrogen-bond donors (Lipinski definition) is 2. The van der Waals surface area contributed by atoms with Crippen LogP contribution in [-0.2, 0) is 0 Å². The van der Waals surface area contributed by atoms with Gasteiger partial charge in [-0.3, -0.25) is 0 Å². The molecule has 0 spiro atoms. The van der Waals surface area contributed by atoms with Crippen molar-refractivity contribution >= 4 is 0 Å². The lowest BCUT2D eigenvalue weighted by atomic mass is 10.3. The van der Waals surface area contributed by atoms with Gasteiger partial charge in [0.25, 0.3) is 0 Å². The molecule has 1 saturated heterocycles. The third kappa shape index (κ3) is 3.25. The minimum Gasteiger partial charge on any atom is -0.392 e. The molecule has 0 aromatic carbocycles. The fourth-order valence-electron chi connectivity index (χ4n) is 1.91. The first kappa shape index (κ1) is 9.44. The minimum atomic E-state index is -0.0589. The summed E-state index contributed by atoms with van der Waals surface area (Å²) in [5, 5.41) is 12.8. The molecule has 3 heteroatoms. The summed E-state index contributed by atoms with van der Waals surface area (Å²) in [6.45, 7) is 4.28. The van der Waals surface area contributed by atoms with Crippen LogP contribution in [0.25, 0.3) is 0 Å². The van der Waals surface area contributed by atoms with Crippen LogP contribution in [0.3, 0.4) is 0 Å². The second kappa shape index (κ2) is 4.40. The maximum atomic E-state index is 9.30. The zero-order chi connectivity index (χ0) is 9.10. The topological polar surface area (TPSA) is 35.5 Å². The van der Waals surface area contributed by atoms with Crippen molar-refractivity contribution in [1.29, 1.82) is 0 Å². The van der Waals surface area contributed by atoms with Crippen molar-refractivity contribution in [3.8, 4) is 0 Å². The van der Waals surface area contributed by atoms with E-state index in [1.54, 1.807) is 0 Å². The smallest absolute Gasteiger partial charge is 0.0679 e. The standard InChI is InChI=1S/C10H20N2O/c13-10-4-7-12(8-10)6-1-5-11-9-2-3-9/h9-11,13H,1-8H2. The Kier molecular flexibility index (Phi) is 3.19. The summed E-state index contributed by atoms with van der Waals surface area (Å²) in [6, 6.07) is 0.837. The quantitative estimate of drug-likeness (QED) is 0.599. The Morgan fingerprint density at radius 2 is 2.15 bits per heavy atom. The Hall–Kier alpha value is -0.120. The third-order valence-corrected chi connectivity index (χ3v) is 2.91. The van der Waals surface area contributed by atoms with E-state index in [1.165, 1.54) is 19.3 Å². The summed E-state index contributed by atoms with van der Waals surface area (Å²) in [6.07, 6.45) is 4.89. The monoisotopic (exact) mass is 184 g/mol. The number of aliphatic hydroxyl groups excluding tert-OH is 1. The molecule has 3 nitrogen and oxygen atoms in total.